The van der Waals surface area contributed by atoms with E-state index in [0.29, 0.717) is 0 Å². The highest BCUT2D eigenvalue weighted by Crippen LogP contribution is 2.42. The van der Waals surface area contributed by atoms with Gasteiger partial charge in [0.15, 0.2) is 0 Å². The van der Waals surface area contributed by atoms with Gasteiger partial charge in [0.05, 0.1) is 0 Å². The third kappa shape index (κ3) is 2.19. The predicted molar refractivity (Wildman–Crippen MR) is 94.4 cm³/mol. The van der Waals surface area contributed by atoms with Crippen LogP contribution in [0.4, 0.5) is 0 Å². The number of thiophene rings is 1. The first-order valence-electron chi connectivity index (χ1n) is 7.91. The van der Waals surface area contributed by atoms with E-state index in [1.165, 1.54) is 31.3 Å². The molecule has 3 heteroatoms. The molecule has 0 aliphatic heterocycles. The van der Waals surface area contributed by atoms with E-state index in [1.807, 2.05) is 6.92 Å². The van der Waals surface area contributed by atoms with Crippen molar-refractivity contribution in [3.63, 3.8) is 0 Å². The lowest BCUT2D eigenvalue weighted by Gasteiger charge is -2.27. The molecule has 23 heavy (non-hydrogen) atoms. The van der Waals surface area contributed by atoms with Crippen LogP contribution in [0.25, 0.3) is 25.7 Å². The van der Waals surface area contributed by atoms with Crippen LogP contribution in [0, 0.1) is 5.92 Å². The molecule has 1 heterocycles. The van der Waals surface area contributed by atoms with E-state index >= 15 is 0 Å². The number of hydrogen-bond acceptors (Lipinski definition) is 3. The van der Waals surface area contributed by atoms with Gasteiger partial charge in [0.1, 0.15) is 0 Å². The summed E-state index contributed by atoms with van der Waals surface area (Å²) in [4.78, 5) is 11.4. The monoisotopic (exact) mass is 321 g/mol. The Labute approximate surface area is 139 Å². The molecule has 1 aliphatic carbocycles. The van der Waals surface area contributed by atoms with Gasteiger partial charge in [-0.1, -0.05) is 30.7 Å². The van der Waals surface area contributed by atoms with Gasteiger partial charge in [-0.15, -0.1) is 11.3 Å². The third-order valence-corrected chi connectivity index (χ3v) is 6.04. The van der Waals surface area contributed by atoms with Crippen LogP contribution >= 0.6 is 11.3 Å². The second-order valence-electron chi connectivity index (χ2n) is 6.34. The van der Waals surface area contributed by atoms with Crippen molar-refractivity contribution in [1.29, 1.82) is 0 Å². The number of allylic oxidation sites excluding steroid dienone is 1. The van der Waals surface area contributed by atoms with Crippen LogP contribution in [-0.2, 0) is 11.2 Å². The van der Waals surface area contributed by atoms with Gasteiger partial charge in [0.2, 0.25) is 0 Å². The Hall–Kier alpha value is -2.13. The summed E-state index contributed by atoms with van der Waals surface area (Å²) in [6.07, 6.45) is 1.90. The van der Waals surface area contributed by atoms with E-state index in [-0.39, 0.29) is 0 Å². The summed E-state index contributed by atoms with van der Waals surface area (Å²) < 4.78 is 2.50. The van der Waals surface area contributed by atoms with Crippen molar-refractivity contribution in [3.05, 3.63) is 53.1 Å². The molecule has 4 rings (SSSR count). The number of benzene rings is 2. The maximum atomic E-state index is 11.4. The largest absolute Gasteiger partial charge is 0.550 e. The summed E-state index contributed by atoms with van der Waals surface area (Å²) in [6.45, 7) is 3.78. The Morgan fingerprint density at radius 1 is 1.13 bits per heavy atom. The van der Waals surface area contributed by atoms with Gasteiger partial charge in [-0.05, 0) is 54.7 Å². The Balaban J connectivity index is 2.00. The standard InChI is InChI=1S/C20H18O2S/c1-11-7-8-13-9-16-14-5-3-4-6-17(14)23-18(16)10-15(13)19(11)12(2)20(21)22/h3-6,9-10,12H,7-8H2,1-2H3,(H,21,22)/p-1. The maximum absolute atomic E-state index is 11.4. The lowest BCUT2D eigenvalue weighted by Crippen LogP contribution is -2.31. The number of fused-ring (bicyclic) bond motifs is 4. The zero-order valence-corrected chi connectivity index (χ0v) is 14.0. The number of carboxylic acid groups (broad SMARTS) is 1. The number of aryl methyl sites for hydroxylation is 1. The van der Waals surface area contributed by atoms with Crippen molar-refractivity contribution in [1.82, 2.24) is 0 Å². The molecule has 1 atom stereocenters. The Bertz CT molecular complexity index is 978. The molecule has 0 saturated heterocycles. The van der Waals surface area contributed by atoms with E-state index in [1.54, 1.807) is 18.3 Å². The molecule has 0 N–H and O–H groups in total. The van der Waals surface area contributed by atoms with E-state index in [2.05, 4.69) is 36.4 Å². The quantitative estimate of drug-likeness (QED) is 0.711. The molecule has 0 saturated carbocycles. The number of carbonyl (C=O) groups is 1. The minimum atomic E-state index is -0.997. The average molecular weight is 321 g/mol. The van der Waals surface area contributed by atoms with E-state index in [0.717, 1.165) is 24.0 Å². The summed E-state index contributed by atoms with van der Waals surface area (Å²) in [7, 11) is 0. The van der Waals surface area contributed by atoms with Gasteiger partial charge in [0.25, 0.3) is 0 Å². The summed E-state index contributed by atoms with van der Waals surface area (Å²) in [5, 5.41) is 14.0. The Kier molecular flexibility index (Phi) is 3.27. The number of carboxylic acids is 1. The normalized spacial score (nSPS) is 15.9. The Morgan fingerprint density at radius 3 is 2.70 bits per heavy atom. The molecular weight excluding hydrogens is 304 g/mol. The average Bonchev–Trinajstić information content (AvgIpc) is 2.90. The number of aliphatic carboxylic acids is 1. The van der Waals surface area contributed by atoms with Crippen LogP contribution < -0.4 is 5.11 Å². The molecule has 2 aromatic carbocycles. The smallest absolute Gasteiger partial charge is 0.0486 e. The van der Waals surface area contributed by atoms with E-state index in [4.69, 9.17) is 0 Å². The van der Waals surface area contributed by atoms with Crippen molar-refractivity contribution in [2.45, 2.75) is 26.7 Å². The van der Waals surface area contributed by atoms with Gasteiger partial charge >= 0.3 is 0 Å². The number of carbonyl (C=O) groups excluding carboxylic acids is 1. The molecule has 0 fully saturated rings. The van der Waals surface area contributed by atoms with E-state index in [9.17, 15) is 9.90 Å². The molecule has 1 aliphatic rings. The van der Waals surface area contributed by atoms with Gasteiger partial charge < -0.3 is 9.90 Å². The number of rotatable bonds is 2. The lowest BCUT2D eigenvalue weighted by atomic mass is 9.80. The van der Waals surface area contributed by atoms with Gasteiger partial charge in [-0.25, -0.2) is 0 Å². The van der Waals surface area contributed by atoms with Crippen molar-refractivity contribution in [2.75, 3.05) is 0 Å². The molecule has 1 aromatic heterocycles. The third-order valence-electron chi connectivity index (χ3n) is 4.91. The first kappa shape index (κ1) is 14.5. The van der Waals surface area contributed by atoms with Crippen LogP contribution in [0.5, 0.6) is 0 Å². The van der Waals surface area contributed by atoms with Gasteiger partial charge in [-0.2, -0.15) is 0 Å². The van der Waals surface area contributed by atoms with Crippen molar-refractivity contribution in [2.24, 2.45) is 5.92 Å². The second kappa shape index (κ2) is 5.20. The van der Waals surface area contributed by atoms with Crippen molar-refractivity contribution in [3.8, 4) is 0 Å². The molecule has 2 nitrogen and oxygen atoms in total. The first-order valence-corrected chi connectivity index (χ1v) is 8.73. The molecule has 1 unspecified atom stereocenters. The predicted octanol–water partition coefficient (Wildman–Crippen LogP) is 4.16. The fourth-order valence-corrected chi connectivity index (χ4v) is 4.81. The first-order chi connectivity index (χ1) is 11.1. The van der Waals surface area contributed by atoms with Crippen LogP contribution in [0.3, 0.4) is 0 Å². The summed E-state index contributed by atoms with van der Waals surface area (Å²) in [6, 6.07) is 12.9. The minimum Gasteiger partial charge on any atom is -0.550 e. The number of hydrogen-bond donors (Lipinski definition) is 0. The van der Waals surface area contributed by atoms with Gasteiger partial charge in [-0.3, -0.25) is 0 Å². The second-order valence-corrected chi connectivity index (χ2v) is 7.42. The fourth-order valence-electron chi connectivity index (χ4n) is 3.68. The lowest BCUT2D eigenvalue weighted by molar-refractivity contribution is -0.308. The molecule has 0 amide bonds. The zero-order chi connectivity index (χ0) is 16.1. The van der Waals surface area contributed by atoms with Crippen LogP contribution in [0.1, 0.15) is 31.4 Å². The summed E-state index contributed by atoms with van der Waals surface area (Å²) in [5.41, 5.74) is 4.49. The highest BCUT2D eigenvalue weighted by Gasteiger charge is 2.23. The van der Waals surface area contributed by atoms with Crippen LogP contribution in [-0.4, -0.2) is 5.97 Å². The van der Waals surface area contributed by atoms with Crippen LogP contribution in [0.15, 0.2) is 42.0 Å². The van der Waals surface area contributed by atoms with Crippen molar-refractivity contribution < 1.29 is 9.90 Å². The molecule has 0 spiro atoms. The molecule has 3 aromatic rings. The molecule has 116 valence electrons. The fraction of sp³-hybridized carbons (Fsp3) is 0.250. The molecule has 0 radical (unpaired) electrons. The Morgan fingerprint density at radius 2 is 1.91 bits per heavy atom. The van der Waals surface area contributed by atoms with Gasteiger partial charge in [0, 0.05) is 32.1 Å². The molecular formula is C20H17O2S-. The topological polar surface area (TPSA) is 40.1 Å². The zero-order valence-electron chi connectivity index (χ0n) is 13.2. The van der Waals surface area contributed by atoms with Crippen LogP contribution in [0.2, 0.25) is 0 Å². The maximum Gasteiger partial charge on any atom is 0.0486 e. The minimum absolute atomic E-state index is 0.569. The molecule has 0 bridgehead atoms. The summed E-state index contributed by atoms with van der Waals surface area (Å²) in [5.74, 6) is -1.57. The highest BCUT2D eigenvalue weighted by atomic mass is 32.1. The van der Waals surface area contributed by atoms with Crippen molar-refractivity contribution >= 4 is 43.1 Å². The van der Waals surface area contributed by atoms with E-state index < -0.39 is 11.9 Å². The SMILES string of the molecule is CC1=C(C(C)C(=O)[O-])c2cc3sc4ccccc4c3cc2CC1. The highest BCUT2D eigenvalue weighted by molar-refractivity contribution is 7.25. The summed E-state index contributed by atoms with van der Waals surface area (Å²) >= 11 is 1.77.